The molecule has 1 heterocycles. The molecule has 0 unspecified atom stereocenters. The van der Waals surface area contributed by atoms with Crippen molar-refractivity contribution in [2.45, 2.75) is 38.9 Å². The fraction of sp³-hybridized carbons (Fsp3) is 0.429. The number of carbonyl (C=O) groups is 2. The number of hydrogen-bond acceptors (Lipinski definition) is 4. The molecule has 1 aliphatic heterocycles. The summed E-state index contributed by atoms with van der Waals surface area (Å²) in [5.74, 6) is -2.35. The lowest BCUT2D eigenvalue weighted by atomic mass is 10.0. The third kappa shape index (κ3) is 6.09. The number of carboxylic acids is 1. The summed E-state index contributed by atoms with van der Waals surface area (Å²) < 4.78 is 31.7. The van der Waals surface area contributed by atoms with Crippen LogP contribution in [0.15, 0.2) is 36.4 Å². The van der Waals surface area contributed by atoms with Crippen molar-refractivity contribution in [1.29, 1.82) is 0 Å². The van der Waals surface area contributed by atoms with E-state index in [9.17, 15) is 23.1 Å². The normalized spacial score (nSPS) is 14.9. The molecule has 9 heteroatoms. The molecule has 0 atom stereocenters. The van der Waals surface area contributed by atoms with E-state index in [1.165, 1.54) is 0 Å². The first kappa shape index (κ1) is 23.5. The summed E-state index contributed by atoms with van der Waals surface area (Å²) in [5.41, 5.74) is 0.953. The van der Waals surface area contributed by atoms with Gasteiger partial charge < -0.3 is 20.4 Å². The summed E-state index contributed by atoms with van der Waals surface area (Å²) in [6.07, 6.45) is -3.13. The van der Waals surface area contributed by atoms with Crippen molar-refractivity contribution in [3.05, 3.63) is 36.4 Å². The van der Waals surface area contributed by atoms with E-state index in [0.717, 1.165) is 42.4 Å². The number of benzene rings is 2. The monoisotopic (exact) mass is 426 g/mol. The molecule has 164 valence electrons. The van der Waals surface area contributed by atoms with Gasteiger partial charge in [-0.25, -0.2) is 4.79 Å². The van der Waals surface area contributed by atoms with Crippen molar-refractivity contribution < 1.29 is 33.0 Å². The van der Waals surface area contributed by atoms with Crippen molar-refractivity contribution in [1.82, 2.24) is 5.32 Å². The Balaban J connectivity index is 0.000000396. The van der Waals surface area contributed by atoms with Gasteiger partial charge in [0.25, 0.3) is 0 Å². The van der Waals surface area contributed by atoms with Crippen molar-refractivity contribution in [3.8, 4) is 5.75 Å². The first-order valence-electron chi connectivity index (χ1n) is 9.57. The molecule has 1 amide bonds. The van der Waals surface area contributed by atoms with Crippen LogP contribution in [0.4, 0.5) is 18.9 Å². The van der Waals surface area contributed by atoms with Gasteiger partial charge >= 0.3 is 12.1 Å². The summed E-state index contributed by atoms with van der Waals surface area (Å²) >= 11 is 0. The van der Waals surface area contributed by atoms with Gasteiger partial charge in [-0.1, -0.05) is 26.0 Å². The van der Waals surface area contributed by atoms with Gasteiger partial charge in [-0.15, -0.1) is 0 Å². The minimum Gasteiger partial charge on any atom is -0.508 e. The second-order valence-corrected chi connectivity index (χ2v) is 7.36. The number of anilines is 1. The smallest absolute Gasteiger partial charge is 0.490 e. The van der Waals surface area contributed by atoms with Gasteiger partial charge in [0.15, 0.2) is 0 Å². The molecule has 30 heavy (non-hydrogen) atoms. The van der Waals surface area contributed by atoms with E-state index in [1.54, 1.807) is 12.1 Å². The Bertz CT molecular complexity index is 893. The predicted molar refractivity (Wildman–Crippen MR) is 108 cm³/mol. The molecule has 1 fully saturated rings. The summed E-state index contributed by atoms with van der Waals surface area (Å²) in [6.45, 7) is 5.81. The highest BCUT2D eigenvalue weighted by atomic mass is 19.4. The van der Waals surface area contributed by atoms with Crippen LogP contribution >= 0.6 is 0 Å². The molecule has 1 aliphatic rings. The minimum absolute atomic E-state index is 0.0274. The molecule has 3 N–H and O–H groups in total. The Hall–Kier alpha value is -2.81. The number of phenols is 1. The van der Waals surface area contributed by atoms with Gasteiger partial charge in [0, 0.05) is 17.6 Å². The van der Waals surface area contributed by atoms with Crippen LogP contribution in [0.2, 0.25) is 0 Å². The third-order valence-corrected chi connectivity index (χ3v) is 4.73. The maximum atomic E-state index is 12.8. The average Bonchev–Trinajstić information content (AvgIpc) is 2.68. The lowest BCUT2D eigenvalue weighted by Crippen LogP contribution is -2.47. The van der Waals surface area contributed by atoms with Gasteiger partial charge in [-0.3, -0.25) is 4.79 Å². The predicted octanol–water partition coefficient (Wildman–Crippen LogP) is 3.92. The number of carboxylic acid groups (broad SMARTS) is 1. The molecule has 2 aromatic carbocycles. The minimum atomic E-state index is -5.08. The number of rotatable bonds is 3. The third-order valence-electron chi connectivity index (χ3n) is 4.73. The number of aromatic hydroxyl groups is 1. The average molecular weight is 426 g/mol. The number of carbonyl (C=O) groups excluding carboxylic acids is 1. The molecule has 0 bridgehead atoms. The number of piperidine rings is 1. The highest BCUT2D eigenvalue weighted by molar-refractivity contribution is 5.98. The van der Waals surface area contributed by atoms with Crippen LogP contribution in [-0.4, -0.2) is 47.4 Å². The Morgan fingerprint density at radius 3 is 2.13 bits per heavy atom. The number of fused-ring (bicyclic) bond motifs is 1. The molecule has 2 aromatic rings. The van der Waals surface area contributed by atoms with E-state index in [2.05, 4.69) is 11.4 Å². The number of aliphatic carboxylic acids is 1. The standard InChI is InChI=1S/C19H24N2O2.C2HF3O2/c1-13(2)19(23)21(16-7-9-20-10-8-16)17-5-3-15-12-18(22)6-4-14(15)11-17;3-2(4,5)1(6)7/h3-6,11-13,16,20,22H,7-10H2,1-2H3;(H,6,7). The molecule has 3 rings (SSSR count). The van der Waals surface area contributed by atoms with Crippen molar-refractivity contribution in [3.63, 3.8) is 0 Å². The Morgan fingerprint density at radius 1 is 1.07 bits per heavy atom. The van der Waals surface area contributed by atoms with E-state index in [1.807, 2.05) is 36.9 Å². The number of phenolic OH excluding ortho intramolecular Hbond substituents is 1. The largest absolute Gasteiger partial charge is 0.508 e. The highest BCUT2D eigenvalue weighted by Crippen LogP contribution is 2.29. The molecule has 0 radical (unpaired) electrons. The molecule has 1 saturated heterocycles. The fourth-order valence-corrected chi connectivity index (χ4v) is 3.23. The Morgan fingerprint density at radius 2 is 1.60 bits per heavy atom. The van der Waals surface area contributed by atoms with E-state index in [-0.39, 0.29) is 23.6 Å². The van der Waals surface area contributed by atoms with Gasteiger partial charge in [0.1, 0.15) is 5.75 Å². The lowest BCUT2D eigenvalue weighted by Gasteiger charge is -2.36. The fourth-order valence-electron chi connectivity index (χ4n) is 3.23. The highest BCUT2D eigenvalue weighted by Gasteiger charge is 2.38. The first-order chi connectivity index (χ1) is 14.0. The molecular formula is C21H25F3N2O4. The van der Waals surface area contributed by atoms with Crippen LogP contribution in [0.5, 0.6) is 5.75 Å². The zero-order valence-electron chi connectivity index (χ0n) is 16.7. The second-order valence-electron chi connectivity index (χ2n) is 7.36. The van der Waals surface area contributed by atoms with E-state index in [0.29, 0.717) is 0 Å². The number of alkyl halides is 3. The summed E-state index contributed by atoms with van der Waals surface area (Å²) in [6, 6.07) is 11.6. The van der Waals surface area contributed by atoms with Gasteiger partial charge in [-0.05, 0) is 61.0 Å². The van der Waals surface area contributed by atoms with Gasteiger partial charge in [0.05, 0.1) is 0 Å². The van der Waals surface area contributed by atoms with Crippen LogP contribution in [-0.2, 0) is 9.59 Å². The van der Waals surface area contributed by atoms with Crippen molar-refractivity contribution >= 4 is 28.3 Å². The van der Waals surface area contributed by atoms with E-state index >= 15 is 0 Å². The number of hydrogen-bond donors (Lipinski definition) is 3. The van der Waals surface area contributed by atoms with Crippen LogP contribution in [0.3, 0.4) is 0 Å². The lowest BCUT2D eigenvalue weighted by molar-refractivity contribution is -0.192. The molecule has 0 aliphatic carbocycles. The number of nitrogens with one attached hydrogen (secondary N) is 1. The van der Waals surface area contributed by atoms with Crippen LogP contribution < -0.4 is 10.2 Å². The Labute approximate surface area is 172 Å². The molecule has 0 spiro atoms. The second kappa shape index (κ2) is 9.80. The molecule has 0 saturated carbocycles. The SMILES string of the molecule is CC(C)C(=O)N(c1ccc2cc(O)ccc2c1)C1CCNCC1.O=C(O)C(F)(F)F. The molecular weight excluding hydrogens is 401 g/mol. The van der Waals surface area contributed by atoms with Gasteiger partial charge in [0.2, 0.25) is 5.91 Å². The maximum Gasteiger partial charge on any atom is 0.490 e. The summed E-state index contributed by atoms with van der Waals surface area (Å²) in [4.78, 5) is 23.7. The van der Waals surface area contributed by atoms with Gasteiger partial charge in [-0.2, -0.15) is 13.2 Å². The topological polar surface area (TPSA) is 89.9 Å². The maximum absolute atomic E-state index is 12.8. The van der Waals surface area contributed by atoms with Crippen molar-refractivity contribution in [2.24, 2.45) is 5.92 Å². The molecule has 0 aromatic heterocycles. The Kier molecular flexibility index (Phi) is 7.66. The summed E-state index contributed by atoms with van der Waals surface area (Å²) in [5, 5.41) is 22.1. The number of nitrogens with zero attached hydrogens (tertiary/aromatic N) is 1. The first-order valence-corrected chi connectivity index (χ1v) is 9.57. The quantitative estimate of drug-likeness (QED) is 0.692. The van der Waals surface area contributed by atoms with Crippen molar-refractivity contribution in [2.75, 3.05) is 18.0 Å². The number of halogens is 3. The van der Waals surface area contributed by atoms with Crippen LogP contribution in [0, 0.1) is 5.92 Å². The summed E-state index contributed by atoms with van der Waals surface area (Å²) in [7, 11) is 0. The van der Waals surface area contributed by atoms with Crippen LogP contribution in [0.1, 0.15) is 26.7 Å². The van der Waals surface area contributed by atoms with E-state index < -0.39 is 12.1 Å². The molecule has 6 nitrogen and oxygen atoms in total. The van der Waals surface area contributed by atoms with Crippen LogP contribution in [0.25, 0.3) is 10.8 Å². The van der Waals surface area contributed by atoms with E-state index in [4.69, 9.17) is 9.90 Å². The number of amides is 1. The zero-order chi connectivity index (χ0) is 22.5. The zero-order valence-corrected chi connectivity index (χ0v) is 16.7.